The summed E-state index contributed by atoms with van der Waals surface area (Å²) in [6, 6.07) is 7.55. The van der Waals surface area contributed by atoms with Crippen LogP contribution in [0.5, 0.6) is 11.5 Å². The molecule has 18 heavy (non-hydrogen) atoms. The molecule has 0 amide bonds. The van der Waals surface area contributed by atoms with E-state index in [4.69, 9.17) is 9.47 Å². The van der Waals surface area contributed by atoms with E-state index < -0.39 is 0 Å². The number of rotatable bonds is 2. The lowest BCUT2D eigenvalue weighted by molar-refractivity contribution is -0.112. The third kappa shape index (κ3) is 2.19. The summed E-state index contributed by atoms with van der Waals surface area (Å²) in [5.41, 5.74) is 0. The SMILES string of the molecule is O=CC1CN(C2COc3ccccc3O2)CCN1. The van der Waals surface area contributed by atoms with E-state index >= 15 is 0 Å². The van der Waals surface area contributed by atoms with Crippen molar-refractivity contribution in [3.8, 4) is 11.5 Å². The Kier molecular flexibility index (Phi) is 3.17. The zero-order valence-electron chi connectivity index (χ0n) is 10.0. The molecule has 1 aromatic carbocycles. The maximum atomic E-state index is 10.8. The summed E-state index contributed by atoms with van der Waals surface area (Å²) >= 11 is 0. The van der Waals surface area contributed by atoms with E-state index in [1.165, 1.54) is 0 Å². The van der Waals surface area contributed by atoms with Gasteiger partial charge in [-0.15, -0.1) is 0 Å². The largest absolute Gasteiger partial charge is 0.484 e. The molecule has 2 unspecified atom stereocenters. The van der Waals surface area contributed by atoms with Crippen molar-refractivity contribution < 1.29 is 14.3 Å². The molecule has 0 bridgehead atoms. The number of carbonyl (C=O) groups excluding carboxylic acids is 1. The molecule has 2 aliphatic heterocycles. The van der Waals surface area contributed by atoms with Gasteiger partial charge in [-0.25, -0.2) is 0 Å². The highest BCUT2D eigenvalue weighted by molar-refractivity contribution is 5.58. The van der Waals surface area contributed by atoms with Gasteiger partial charge in [0, 0.05) is 19.6 Å². The Morgan fingerprint density at radius 1 is 1.33 bits per heavy atom. The summed E-state index contributed by atoms with van der Waals surface area (Å²) in [6.45, 7) is 2.83. The van der Waals surface area contributed by atoms with Crippen LogP contribution in [0.3, 0.4) is 0 Å². The van der Waals surface area contributed by atoms with E-state index in [1.807, 2.05) is 24.3 Å². The number of benzene rings is 1. The topological polar surface area (TPSA) is 50.8 Å². The van der Waals surface area contributed by atoms with Crippen molar-refractivity contribution in [3.05, 3.63) is 24.3 Å². The average molecular weight is 248 g/mol. The Morgan fingerprint density at radius 3 is 3.00 bits per heavy atom. The first-order valence-electron chi connectivity index (χ1n) is 6.18. The van der Waals surface area contributed by atoms with Crippen molar-refractivity contribution in [3.63, 3.8) is 0 Å². The molecule has 1 fully saturated rings. The van der Waals surface area contributed by atoms with Gasteiger partial charge in [0.1, 0.15) is 12.9 Å². The van der Waals surface area contributed by atoms with Crippen LogP contribution in [-0.4, -0.2) is 49.7 Å². The fraction of sp³-hybridized carbons (Fsp3) is 0.462. The Bertz CT molecular complexity index is 438. The van der Waals surface area contributed by atoms with Gasteiger partial charge in [-0.05, 0) is 12.1 Å². The highest BCUT2D eigenvalue weighted by Crippen LogP contribution is 2.31. The first kappa shape index (κ1) is 11.5. The number of carbonyl (C=O) groups is 1. The summed E-state index contributed by atoms with van der Waals surface area (Å²) in [5, 5.41) is 3.15. The zero-order chi connectivity index (χ0) is 12.4. The lowest BCUT2D eigenvalue weighted by Crippen LogP contribution is -2.57. The number of fused-ring (bicyclic) bond motifs is 1. The van der Waals surface area contributed by atoms with Crippen molar-refractivity contribution in [2.45, 2.75) is 12.3 Å². The van der Waals surface area contributed by atoms with E-state index in [9.17, 15) is 4.79 Å². The van der Waals surface area contributed by atoms with Gasteiger partial charge in [-0.3, -0.25) is 4.90 Å². The van der Waals surface area contributed by atoms with Crippen LogP contribution in [0.4, 0.5) is 0 Å². The molecule has 2 heterocycles. The number of aldehydes is 1. The predicted molar refractivity (Wildman–Crippen MR) is 65.8 cm³/mol. The molecule has 1 saturated heterocycles. The standard InChI is InChI=1S/C13H16N2O3/c16-8-10-7-15(6-5-14-10)13-9-17-11-3-1-2-4-12(11)18-13/h1-4,8,10,13-14H,5-7,9H2. The van der Waals surface area contributed by atoms with Crippen LogP contribution < -0.4 is 14.8 Å². The highest BCUT2D eigenvalue weighted by atomic mass is 16.6. The number of ether oxygens (including phenoxy) is 2. The summed E-state index contributed by atoms with van der Waals surface area (Å²) in [5.74, 6) is 1.56. The number of hydrogen-bond acceptors (Lipinski definition) is 5. The van der Waals surface area contributed by atoms with E-state index in [0.717, 1.165) is 30.9 Å². The van der Waals surface area contributed by atoms with Crippen molar-refractivity contribution >= 4 is 6.29 Å². The average Bonchev–Trinajstić information content (AvgIpc) is 2.47. The quantitative estimate of drug-likeness (QED) is 0.761. The molecular formula is C13H16N2O3. The second-order valence-corrected chi connectivity index (χ2v) is 4.52. The fourth-order valence-electron chi connectivity index (χ4n) is 2.34. The summed E-state index contributed by atoms with van der Waals surface area (Å²) in [7, 11) is 0. The Labute approximate surface area is 106 Å². The van der Waals surface area contributed by atoms with Crippen LogP contribution in [0, 0.1) is 0 Å². The Hall–Kier alpha value is -1.59. The molecule has 2 aliphatic rings. The third-order valence-corrected chi connectivity index (χ3v) is 3.30. The smallest absolute Gasteiger partial charge is 0.187 e. The van der Waals surface area contributed by atoms with Gasteiger partial charge in [0.15, 0.2) is 17.7 Å². The molecule has 3 rings (SSSR count). The molecule has 0 spiro atoms. The van der Waals surface area contributed by atoms with Gasteiger partial charge >= 0.3 is 0 Å². The Balaban J connectivity index is 1.70. The minimum Gasteiger partial charge on any atom is -0.484 e. The van der Waals surface area contributed by atoms with E-state index in [2.05, 4.69) is 10.2 Å². The Morgan fingerprint density at radius 2 is 2.17 bits per heavy atom. The number of piperazine rings is 1. The normalized spacial score (nSPS) is 27.8. The molecule has 0 aliphatic carbocycles. The molecule has 1 N–H and O–H groups in total. The van der Waals surface area contributed by atoms with Crippen molar-refractivity contribution in [1.82, 2.24) is 10.2 Å². The fourth-order valence-corrected chi connectivity index (χ4v) is 2.34. The first-order chi connectivity index (χ1) is 8.86. The van der Waals surface area contributed by atoms with Crippen LogP contribution in [0.15, 0.2) is 24.3 Å². The molecule has 2 atom stereocenters. The van der Waals surface area contributed by atoms with Gasteiger partial charge in [-0.1, -0.05) is 12.1 Å². The number of nitrogens with zero attached hydrogens (tertiary/aromatic N) is 1. The summed E-state index contributed by atoms with van der Waals surface area (Å²) < 4.78 is 11.6. The maximum absolute atomic E-state index is 10.8. The zero-order valence-corrected chi connectivity index (χ0v) is 10.0. The second kappa shape index (κ2) is 4.96. The minimum absolute atomic E-state index is 0.107. The van der Waals surface area contributed by atoms with Crippen molar-refractivity contribution in [2.24, 2.45) is 0 Å². The minimum atomic E-state index is -0.112. The highest BCUT2D eigenvalue weighted by Gasteiger charge is 2.30. The molecular weight excluding hydrogens is 232 g/mol. The van der Waals surface area contributed by atoms with Gasteiger partial charge in [0.05, 0.1) is 6.04 Å². The summed E-state index contributed by atoms with van der Waals surface area (Å²) in [4.78, 5) is 13.0. The van der Waals surface area contributed by atoms with Crippen LogP contribution in [0.25, 0.3) is 0 Å². The van der Waals surface area contributed by atoms with Gasteiger partial charge in [0.2, 0.25) is 0 Å². The van der Waals surface area contributed by atoms with Gasteiger partial charge in [0.25, 0.3) is 0 Å². The van der Waals surface area contributed by atoms with Crippen LogP contribution in [0.1, 0.15) is 0 Å². The molecule has 0 radical (unpaired) electrons. The van der Waals surface area contributed by atoms with Crippen LogP contribution in [0.2, 0.25) is 0 Å². The molecule has 5 heteroatoms. The molecule has 1 aromatic rings. The number of nitrogens with one attached hydrogen (secondary N) is 1. The van der Waals surface area contributed by atoms with Crippen molar-refractivity contribution in [2.75, 3.05) is 26.2 Å². The number of hydrogen-bond donors (Lipinski definition) is 1. The molecule has 96 valence electrons. The lowest BCUT2D eigenvalue weighted by atomic mass is 10.2. The van der Waals surface area contributed by atoms with Gasteiger partial charge in [-0.2, -0.15) is 0 Å². The van der Waals surface area contributed by atoms with Crippen LogP contribution in [-0.2, 0) is 4.79 Å². The molecule has 0 saturated carbocycles. The first-order valence-corrected chi connectivity index (χ1v) is 6.18. The third-order valence-electron chi connectivity index (χ3n) is 3.30. The lowest BCUT2D eigenvalue weighted by Gasteiger charge is -2.38. The molecule has 5 nitrogen and oxygen atoms in total. The van der Waals surface area contributed by atoms with E-state index in [1.54, 1.807) is 0 Å². The van der Waals surface area contributed by atoms with Crippen LogP contribution >= 0.6 is 0 Å². The second-order valence-electron chi connectivity index (χ2n) is 4.52. The van der Waals surface area contributed by atoms with Gasteiger partial charge < -0.3 is 19.6 Å². The molecule has 0 aromatic heterocycles. The van der Waals surface area contributed by atoms with Crippen molar-refractivity contribution in [1.29, 1.82) is 0 Å². The van der Waals surface area contributed by atoms with E-state index in [-0.39, 0.29) is 12.3 Å². The maximum Gasteiger partial charge on any atom is 0.187 e. The van der Waals surface area contributed by atoms with E-state index in [0.29, 0.717) is 13.2 Å². The summed E-state index contributed by atoms with van der Waals surface area (Å²) in [6.07, 6.45) is 0.841. The predicted octanol–water partition coefficient (Wildman–Crippen LogP) is 0.257. The monoisotopic (exact) mass is 248 g/mol. The number of para-hydroxylation sites is 2.